The van der Waals surface area contributed by atoms with Crippen molar-refractivity contribution in [3.05, 3.63) is 75.3 Å². The quantitative estimate of drug-likeness (QED) is 0.383. The van der Waals surface area contributed by atoms with Crippen molar-refractivity contribution in [2.45, 2.75) is 33.2 Å². The Kier molecular flexibility index (Phi) is 7.57. The highest BCUT2D eigenvalue weighted by Gasteiger charge is 2.17. The fourth-order valence-corrected chi connectivity index (χ4v) is 4.55. The maximum atomic E-state index is 13.4. The van der Waals surface area contributed by atoms with E-state index in [0.29, 0.717) is 18.2 Å². The van der Waals surface area contributed by atoms with Crippen LogP contribution in [0.4, 0.5) is 9.52 Å². The van der Waals surface area contributed by atoms with E-state index in [4.69, 9.17) is 4.74 Å². The summed E-state index contributed by atoms with van der Waals surface area (Å²) in [4.78, 5) is 17.8. The normalized spacial score (nSPS) is 12.4. The summed E-state index contributed by atoms with van der Waals surface area (Å²) in [5.74, 6) is -0.811. The number of halogens is 1. The number of methoxy groups -OCH3 is 1. The van der Waals surface area contributed by atoms with Crippen LogP contribution in [0.25, 0.3) is 6.08 Å². The molecule has 0 aliphatic carbocycles. The van der Waals surface area contributed by atoms with Gasteiger partial charge in [0.25, 0.3) is 5.91 Å². The Morgan fingerprint density at radius 2 is 2.19 bits per heavy atom. The van der Waals surface area contributed by atoms with E-state index in [1.165, 1.54) is 23.5 Å². The lowest BCUT2D eigenvalue weighted by Gasteiger charge is -2.17. The first-order valence-corrected chi connectivity index (χ1v) is 10.9. The Hall–Kier alpha value is -3.28. The van der Waals surface area contributed by atoms with Crippen LogP contribution in [0.15, 0.2) is 42.1 Å². The lowest BCUT2D eigenvalue weighted by atomic mass is 10.1. The summed E-state index contributed by atoms with van der Waals surface area (Å²) in [7, 11) is 1.66. The number of nitriles is 1. The summed E-state index contributed by atoms with van der Waals surface area (Å²) >= 11 is 1.30. The van der Waals surface area contributed by atoms with E-state index in [2.05, 4.69) is 21.8 Å². The summed E-state index contributed by atoms with van der Waals surface area (Å²) in [5, 5.41) is 12.6. The first kappa shape index (κ1) is 23.4. The van der Waals surface area contributed by atoms with Gasteiger partial charge in [-0.05, 0) is 56.2 Å². The van der Waals surface area contributed by atoms with Gasteiger partial charge in [-0.3, -0.25) is 10.1 Å². The molecule has 0 aliphatic heterocycles. The number of hydrogen-bond acceptors (Lipinski definition) is 5. The van der Waals surface area contributed by atoms with Crippen LogP contribution in [0, 0.1) is 31.0 Å². The Morgan fingerprint density at radius 1 is 1.41 bits per heavy atom. The zero-order valence-electron chi connectivity index (χ0n) is 18.5. The zero-order chi connectivity index (χ0) is 23.3. The van der Waals surface area contributed by atoms with Crippen molar-refractivity contribution in [2.24, 2.45) is 0 Å². The van der Waals surface area contributed by atoms with Crippen molar-refractivity contribution in [1.82, 2.24) is 9.55 Å². The molecule has 32 heavy (non-hydrogen) atoms. The Bertz CT molecular complexity index is 1190. The molecule has 0 bridgehead atoms. The summed E-state index contributed by atoms with van der Waals surface area (Å²) < 4.78 is 20.8. The highest BCUT2D eigenvalue weighted by atomic mass is 32.1. The fraction of sp³-hybridized carbons (Fsp3) is 0.292. The van der Waals surface area contributed by atoms with E-state index >= 15 is 0 Å². The van der Waals surface area contributed by atoms with Crippen molar-refractivity contribution in [2.75, 3.05) is 19.0 Å². The first-order chi connectivity index (χ1) is 15.3. The molecule has 0 aliphatic rings. The largest absolute Gasteiger partial charge is 0.383 e. The van der Waals surface area contributed by atoms with E-state index in [1.807, 2.05) is 32.0 Å². The highest BCUT2D eigenvalue weighted by Crippen LogP contribution is 2.24. The number of amides is 1. The van der Waals surface area contributed by atoms with Gasteiger partial charge in [-0.15, -0.1) is 11.3 Å². The van der Waals surface area contributed by atoms with Crippen LogP contribution in [0.2, 0.25) is 0 Å². The molecule has 8 heteroatoms. The SMILES string of the molecule is COCC(C)n1c(C)cc(/C=C(/C#N)C(=O)Nc2ncc(Cc3cccc(F)c3)s2)c1C. The maximum Gasteiger partial charge on any atom is 0.268 e. The number of aryl methyl sites for hydroxylation is 1. The average Bonchev–Trinajstić information content (AvgIpc) is 3.29. The second kappa shape index (κ2) is 10.4. The number of nitrogens with one attached hydrogen (secondary N) is 1. The summed E-state index contributed by atoms with van der Waals surface area (Å²) in [6, 6.07) is 10.4. The van der Waals surface area contributed by atoms with Gasteiger partial charge in [-0.1, -0.05) is 12.1 Å². The van der Waals surface area contributed by atoms with Crippen molar-refractivity contribution in [3.63, 3.8) is 0 Å². The molecule has 0 saturated carbocycles. The third kappa shape index (κ3) is 5.49. The second-order valence-corrected chi connectivity index (χ2v) is 8.68. The number of rotatable bonds is 8. The van der Waals surface area contributed by atoms with Gasteiger partial charge >= 0.3 is 0 Å². The molecule has 1 N–H and O–H groups in total. The number of thiazole rings is 1. The zero-order valence-corrected chi connectivity index (χ0v) is 19.3. The lowest BCUT2D eigenvalue weighted by Crippen LogP contribution is -2.14. The van der Waals surface area contributed by atoms with Crippen LogP contribution in [0.5, 0.6) is 0 Å². The number of hydrogen-bond donors (Lipinski definition) is 1. The molecule has 6 nitrogen and oxygen atoms in total. The van der Waals surface area contributed by atoms with Crippen LogP contribution in [0.3, 0.4) is 0 Å². The van der Waals surface area contributed by atoms with Crippen LogP contribution in [0.1, 0.15) is 40.4 Å². The molecular weight excluding hydrogens is 427 g/mol. The monoisotopic (exact) mass is 452 g/mol. The smallest absolute Gasteiger partial charge is 0.268 e. The van der Waals surface area contributed by atoms with Gasteiger partial charge < -0.3 is 9.30 Å². The van der Waals surface area contributed by atoms with Crippen LogP contribution < -0.4 is 5.32 Å². The number of ether oxygens (including phenoxy) is 1. The first-order valence-electron chi connectivity index (χ1n) is 10.1. The minimum Gasteiger partial charge on any atom is -0.383 e. The predicted octanol–water partition coefficient (Wildman–Crippen LogP) is 5.04. The van der Waals surface area contributed by atoms with Gasteiger partial charge in [0.1, 0.15) is 17.5 Å². The third-order valence-electron chi connectivity index (χ3n) is 5.08. The molecular formula is C24H25FN4O2S. The van der Waals surface area contributed by atoms with Crippen LogP contribution in [-0.2, 0) is 16.0 Å². The number of carbonyl (C=O) groups excluding carboxylic acids is 1. The molecule has 1 unspecified atom stereocenters. The number of benzene rings is 1. The Labute approximate surface area is 191 Å². The lowest BCUT2D eigenvalue weighted by molar-refractivity contribution is -0.112. The highest BCUT2D eigenvalue weighted by molar-refractivity contribution is 7.15. The Morgan fingerprint density at radius 3 is 2.88 bits per heavy atom. The van der Waals surface area contributed by atoms with Gasteiger partial charge in [-0.2, -0.15) is 5.26 Å². The van der Waals surface area contributed by atoms with Gasteiger partial charge in [-0.25, -0.2) is 9.37 Å². The van der Waals surface area contributed by atoms with Gasteiger partial charge in [0.05, 0.1) is 12.6 Å². The molecule has 2 heterocycles. The predicted molar refractivity (Wildman–Crippen MR) is 124 cm³/mol. The van der Waals surface area contributed by atoms with Gasteiger partial charge in [0.15, 0.2) is 5.13 Å². The van der Waals surface area contributed by atoms with E-state index < -0.39 is 5.91 Å². The summed E-state index contributed by atoms with van der Waals surface area (Å²) in [5.41, 5.74) is 3.61. The molecule has 1 atom stereocenters. The minimum absolute atomic E-state index is 0.00785. The molecule has 2 aromatic heterocycles. The Balaban J connectivity index is 1.75. The van der Waals surface area contributed by atoms with Crippen molar-refractivity contribution < 1.29 is 13.9 Å². The molecule has 3 aromatic rings. The second-order valence-electron chi connectivity index (χ2n) is 7.56. The minimum atomic E-state index is -0.520. The van der Waals surface area contributed by atoms with Crippen molar-refractivity contribution in [3.8, 4) is 6.07 Å². The van der Waals surface area contributed by atoms with Crippen molar-refractivity contribution in [1.29, 1.82) is 5.26 Å². The molecule has 0 radical (unpaired) electrons. The third-order valence-corrected chi connectivity index (χ3v) is 5.99. The number of anilines is 1. The molecule has 166 valence electrons. The van der Waals surface area contributed by atoms with Crippen LogP contribution >= 0.6 is 11.3 Å². The molecule has 0 spiro atoms. The molecule has 0 saturated heterocycles. The number of carbonyl (C=O) groups is 1. The summed E-state index contributed by atoms with van der Waals surface area (Å²) in [6.45, 7) is 6.56. The van der Waals surface area contributed by atoms with Crippen molar-refractivity contribution >= 4 is 28.5 Å². The summed E-state index contributed by atoms with van der Waals surface area (Å²) in [6.07, 6.45) is 3.75. The van der Waals surface area contributed by atoms with Crippen LogP contribution in [-0.4, -0.2) is 29.2 Å². The van der Waals surface area contributed by atoms with E-state index in [-0.39, 0.29) is 17.4 Å². The number of aromatic nitrogens is 2. The molecule has 1 amide bonds. The number of nitrogens with zero attached hydrogens (tertiary/aromatic N) is 3. The molecule has 1 aromatic carbocycles. The van der Waals surface area contributed by atoms with E-state index in [9.17, 15) is 14.4 Å². The average molecular weight is 453 g/mol. The van der Waals surface area contributed by atoms with E-state index in [1.54, 1.807) is 25.4 Å². The maximum absolute atomic E-state index is 13.4. The van der Waals surface area contributed by atoms with E-state index in [0.717, 1.165) is 27.4 Å². The van der Waals surface area contributed by atoms with Gasteiger partial charge in [0, 0.05) is 36.0 Å². The standard InChI is InChI=1S/C24H25FN4O2S/c1-15-8-19(17(3)29(15)16(2)14-31-4)11-20(12-26)23(30)28-24-27-13-22(32-24)10-18-6-5-7-21(25)9-18/h5-9,11,13,16H,10,14H2,1-4H3,(H,27,28,30)/b20-11-. The fourth-order valence-electron chi connectivity index (χ4n) is 3.71. The molecule has 3 rings (SSSR count). The van der Waals surface area contributed by atoms with Gasteiger partial charge in [0.2, 0.25) is 0 Å². The topological polar surface area (TPSA) is 79.9 Å². The molecule has 0 fully saturated rings.